The molecule has 1 amide bonds. The molecule has 0 saturated carbocycles. The first kappa shape index (κ1) is 37.6. The van der Waals surface area contributed by atoms with Gasteiger partial charge in [0.1, 0.15) is 5.60 Å². The van der Waals surface area contributed by atoms with Gasteiger partial charge in [-0.25, -0.2) is 4.79 Å². The average molecular weight is 712 g/mol. The van der Waals surface area contributed by atoms with Crippen molar-refractivity contribution in [3.8, 4) is 11.1 Å². The van der Waals surface area contributed by atoms with Crippen molar-refractivity contribution >= 4 is 28.8 Å². The first-order valence-electron chi connectivity index (χ1n) is 18.8. The first-order valence-corrected chi connectivity index (χ1v) is 18.8. The molecular formula is C46H53N3O4. The molecule has 2 aliphatic rings. The number of anilines is 4. The quantitative estimate of drug-likeness (QED) is 0.196. The minimum atomic E-state index is -0.501. The van der Waals surface area contributed by atoms with E-state index in [1.165, 1.54) is 39.3 Å². The average Bonchev–Trinajstić information content (AvgIpc) is 3.14. The maximum Gasteiger partial charge on any atom is 0.407 e. The van der Waals surface area contributed by atoms with Crippen molar-refractivity contribution in [2.45, 2.75) is 71.8 Å². The Balaban J connectivity index is 0.000000182. The molecule has 2 atom stereocenters. The lowest BCUT2D eigenvalue weighted by molar-refractivity contribution is 0.0523. The highest BCUT2D eigenvalue weighted by Gasteiger charge is 2.22. The molecule has 2 unspecified atom stereocenters. The van der Waals surface area contributed by atoms with Crippen LogP contribution in [0.15, 0.2) is 127 Å². The Morgan fingerprint density at radius 2 is 1.21 bits per heavy atom. The predicted molar refractivity (Wildman–Crippen MR) is 217 cm³/mol. The van der Waals surface area contributed by atoms with Gasteiger partial charge in [0.05, 0.1) is 25.4 Å². The van der Waals surface area contributed by atoms with Crippen LogP contribution in [0.2, 0.25) is 0 Å². The van der Waals surface area contributed by atoms with Crippen LogP contribution in [-0.4, -0.2) is 50.2 Å². The molecule has 276 valence electrons. The molecule has 0 bridgehead atoms. The minimum Gasteiger partial charge on any atom is -0.444 e. The van der Waals surface area contributed by atoms with Gasteiger partial charge in [0.15, 0.2) is 0 Å². The van der Waals surface area contributed by atoms with Crippen molar-refractivity contribution < 1.29 is 19.0 Å². The van der Waals surface area contributed by atoms with Crippen LogP contribution < -0.4 is 15.1 Å². The van der Waals surface area contributed by atoms with Crippen molar-refractivity contribution in [2.24, 2.45) is 0 Å². The molecule has 0 spiro atoms. The van der Waals surface area contributed by atoms with E-state index >= 15 is 0 Å². The number of hydrogen-bond acceptors (Lipinski definition) is 6. The third-order valence-corrected chi connectivity index (χ3v) is 9.34. The molecule has 5 aromatic carbocycles. The second kappa shape index (κ2) is 17.6. The molecule has 0 saturated heterocycles. The third kappa shape index (κ3) is 10.5. The highest BCUT2D eigenvalue weighted by Crippen LogP contribution is 2.35. The Hall–Kier alpha value is -5.11. The fraction of sp³-hybridized carbons (Fsp3) is 0.326. The number of hydrogen-bond donors (Lipinski definition) is 1. The summed E-state index contributed by atoms with van der Waals surface area (Å²) >= 11 is 0. The maximum atomic E-state index is 11.9. The maximum absolute atomic E-state index is 11.9. The molecule has 2 heterocycles. The largest absolute Gasteiger partial charge is 0.444 e. The van der Waals surface area contributed by atoms with Gasteiger partial charge in [-0.05, 0) is 98.8 Å². The standard InChI is InChI=1S/C23H30N2O3.C23H23NO/c1-17-14-19-15-18(16-24-22(26)28-23(2,3)4)10-11-21(19)25(12-13-27-17)20-8-6-5-7-9-20;1-18-16-21-13-12-20(19-8-4-2-5-9-19)17-23(21)24(14-15-25-18)22-10-6-3-7-11-22/h5-11,15,17H,12-14,16H2,1-4H3,(H,24,26);2-13,17-18H,14-16H2,1H3. The summed E-state index contributed by atoms with van der Waals surface area (Å²) in [6, 6.07) is 44.7. The smallest absolute Gasteiger partial charge is 0.407 e. The summed E-state index contributed by atoms with van der Waals surface area (Å²) in [7, 11) is 0. The van der Waals surface area contributed by atoms with E-state index in [9.17, 15) is 4.79 Å². The molecule has 2 aliphatic heterocycles. The van der Waals surface area contributed by atoms with Gasteiger partial charge >= 0.3 is 6.09 Å². The van der Waals surface area contributed by atoms with Crippen molar-refractivity contribution in [2.75, 3.05) is 36.1 Å². The second-order valence-electron chi connectivity index (χ2n) is 14.8. The number of fused-ring (bicyclic) bond motifs is 2. The summed E-state index contributed by atoms with van der Waals surface area (Å²) in [4.78, 5) is 16.6. The van der Waals surface area contributed by atoms with Crippen molar-refractivity contribution in [1.82, 2.24) is 5.32 Å². The highest BCUT2D eigenvalue weighted by atomic mass is 16.6. The molecule has 1 N–H and O–H groups in total. The van der Waals surface area contributed by atoms with Gasteiger partial charge in [0.2, 0.25) is 0 Å². The summed E-state index contributed by atoms with van der Waals surface area (Å²) in [6.07, 6.45) is 1.78. The van der Waals surface area contributed by atoms with Crippen LogP contribution in [0.5, 0.6) is 0 Å². The monoisotopic (exact) mass is 711 g/mol. The fourth-order valence-electron chi connectivity index (χ4n) is 6.88. The lowest BCUT2D eigenvalue weighted by Gasteiger charge is -2.31. The fourth-order valence-corrected chi connectivity index (χ4v) is 6.88. The number of rotatable bonds is 5. The Morgan fingerprint density at radius 3 is 1.79 bits per heavy atom. The van der Waals surface area contributed by atoms with Gasteiger partial charge in [-0.15, -0.1) is 0 Å². The normalized spacial score (nSPS) is 17.4. The van der Waals surface area contributed by atoms with E-state index in [-0.39, 0.29) is 12.2 Å². The molecule has 7 nitrogen and oxygen atoms in total. The van der Waals surface area contributed by atoms with Crippen molar-refractivity contribution in [3.63, 3.8) is 0 Å². The molecular weight excluding hydrogens is 659 g/mol. The summed E-state index contributed by atoms with van der Waals surface area (Å²) in [6.45, 7) is 13.4. The number of nitrogens with zero attached hydrogens (tertiary/aromatic N) is 2. The molecule has 0 radical (unpaired) electrons. The van der Waals surface area contributed by atoms with Crippen LogP contribution in [0.4, 0.5) is 27.5 Å². The number of para-hydroxylation sites is 2. The number of nitrogens with one attached hydrogen (secondary N) is 1. The molecule has 53 heavy (non-hydrogen) atoms. The minimum absolute atomic E-state index is 0.158. The summed E-state index contributed by atoms with van der Waals surface area (Å²) in [5, 5.41) is 2.84. The Bertz CT molecular complexity index is 1910. The third-order valence-electron chi connectivity index (χ3n) is 9.34. The zero-order valence-corrected chi connectivity index (χ0v) is 31.8. The number of benzene rings is 5. The number of ether oxygens (including phenoxy) is 3. The van der Waals surface area contributed by atoms with E-state index < -0.39 is 11.7 Å². The van der Waals surface area contributed by atoms with Gasteiger partial charge < -0.3 is 29.3 Å². The zero-order chi connectivity index (χ0) is 37.2. The number of carbonyl (C=O) groups is 1. The van der Waals surface area contributed by atoms with E-state index in [1.807, 2.05) is 26.8 Å². The van der Waals surface area contributed by atoms with Crippen molar-refractivity contribution in [3.05, 3.63) is 144 Å². The Morgan fingerprint density at radius 1 is 0.660 bits per heavy atom. The molecule has 0 fully saturated rings. The molecule has 7 rings (SSSR count). The van der Waals surface area contributed by atoms with Crippen LogP contribution in [0, 0.1) is 0 Å². The van der Waals surface area contributed by atoms with E-state index in [0.717, 1.165) is 43.8 Å². The molecule has 0 aliphatic carbocycles. The van der Waals surface area contributed by atoms with Crippen LogP contribution >= 0.6 is 0 Å². The van der Waals surface area contributed by atoms with Crippen LogP contribution in [0.25, 0.3) is 11.1 Å². The zero-order valence-electron chi connectivity index (χ0n) is 31.8. The topological polar surface area (TPSA) is 63.3 Å². The van der Waals surface area contributed by atoms with E-state index in [2.05, 4.69) is 150 Å². The van der Waals surface area contributed by atoms with Crippen LogP contribution in [0.3, 0.4) is 0 Å². The number of carbonyl (C=O) groups excluding carboxylic acids is 1. The molecule has 0 aromatic heterocycles. The SMILES string of the molecule is CC1Cc2cc(CNC(=O)OC(C)(C)C)ccc2N(c2ccccc2)CCO1.CC1Cc2ccc(-c3ccccc3)cc2N(c2ccccc2)CCO1. The number of amides is 1. The summed E-state index contributed by atoms with van der Waals surface area (Å²) in [5.41, 5.74) is 10.5. The first-order chi connectivity index (χ1) is 25.6. The lowest BCUT2D eigenvalue weighted by atomic mass is 9.98. The van der Waals surface area contributed by atoms with Gasteiger partial charge in [0, 0.05) is 55.2 Å². The van der Waals surface area contributed by atoms with Crippen LogP contribution in [-0.2, 0) is 33.6 Å². The molecule has 7 heteroatoms. The summed E-state index contributed by atoms with van der Waals surface area (Å²) in [5.74, 6) is 0. The van der Waals surface area contributed by atoms with Crippen LogP contribution in [0.1, 0.15) is 51.3 Å². The van der Waals surface area contributed by atoms with Gasteiger partial charge in [0.25, 0.3) is 0 Å². The van der Waals surface area contributed by atoms with E-state index in [1.54, 1.807) is 0 Å². The van der Waals surface area contributed by atoms with Gasteiger partial charge in [-0.2, -0.15) is 0 Å². The lowest BCUT2D eigenvalue weighted by Crippen LogP contribution is -2.32. The highest BCUT2D eigenvalue weighted by molar-refractivity contribution is 5.75. The predicted octanol–water partition coefficient (Wildman–Crippen LogP) is 10.3. The molecule has 5 aromatic rings. The van der Waals surface area contributed by atoms with Crippen molar-refractivity contribution in [1.29, 1.82) is 0 Å². The Kier molecular flexibility index (Phi) is 12.5. The number of alkyl carbamates (subject to hydrolysis) is 1. The second-order valence-corrected chi connectivity index (χ2v) is 14.8. The van der Waals surface area contributed by atoms with E-state index in [4.69, 9.17) is 14.2 Å². The van der Waals surface area contributed by atoms with E-state index in [0.29, 0.717) is 13.2 Å². The Labute approximate surface area is 315 Å². The van der Waals surface area contributed by atoms with Gasteiger partial charge in [-0.3, -0.25) is 0 Å². The summed E-state index contributed by atoms with van der Waals surface area (Å²) < 4.78 is 17.2. The van der Waals surface area contributed by atoms with Gasteiger partial charge in [-0.1, -0.05) is 91.0 Å².